The smallest absolute Gasteiger partial charge is 0.220 e. The van der Waals surface area contributed by atoms with E-state index in [0.29, 0.717) is 44.0 Å². The first-order valence-electron chi connectivity index (χ1n) is 9.35. The van der Waals surface area contributed by atoms with Crippen molar-refractivity contribution >= 4 is 15.9 Å². The van der Waals surface area contributed by atoms with Crippen LogP contribution in [0.1, 0.15) is 38.2 Å². The Balaban J connectivity index is 1.81. The molecule has 0 bridgehead atoms. The molecule has 1 heterocycles. The Hall–Kier alpha value is -1.80. The summed E-state index contributed by atoms with van der Waals surface area (Å²) in [5, 5.41) is 2.91. The van der Waals surface area contributed by atoms with Crippen molar-refractivity contribution in [1.82, 2.24) is 9.62 Å². The van der Waals surface area contributed by atoms with Gasteiger partial charge in [0.25, 0.3) is 0 Å². The lowest BCUT2D eigenvalue weighted by Gasteiger charge is -2.31. The summed E-state index contributed by atoms with van der Waals surface area (Å²) < 4.78 is 36.1. The molecule has 0 spiro atoms. The minimum absolute atomic E-state index is 0.0386. The van der Waals surface area contributed by atoms with Crippen LogP contribution in [-0.4, -0.2) is 51.7 Å². The maximum atomic E-state index is 12.2. The van der Waals surface area contributed by atoms with Gasteiger partial charge in [-0.2, -0.15) is 0 Å². The molecule has 1 N–H and O–H groups in total. The Bertz CT molecular complexity index is 736. The molecular weight excluding hydrogens is 368 g/mol. The predicted octanol–water partition coefficient (Wildman–Crippen LogP) is 2.16. The molecule has 1 saturated heterocycles. The van der Waals surface area contributed by atoms with Crippen molar-refractivity contribution in [3.63, 3.8) is 0 Å². The summed E-state index contributed by atoms with van der Waals surface area (Å²) in [5.41, 5.74) is 0.879. The third-order valence-corrected chi connectivity index (χ3v) is 6.84. The zero-order valence-electron chi connectivity index (χ0n) is 16.4. The quantitative estimate of drug-likeness (QED) is 0.689. The topological polar surface area (TPSA) is 84.9 Å². The lowest BCUT2D eigenvalue weighted by molar-refractivity contribution is -0.121. The highest BCUT2D eigenvalue weighted by Gasteiger charge is 2.27. The second-order valence-corrected chi connectivity index (χ2v) is 9.02. The molecule has 7 nitrogen and oxygen atoms in total. The van der Waals surface area contributed by atoms with E-state index in [0.717, 1.165) is 18.4 Å². The number of nitrogens with zero attached hydrogens (tertiary/aromatic N) is 1. The lowest BCUT2D eigenvalue weighted by Crippen LogP contribution is -2.41. The summed E-state index contributed by atoms with van der Waals surface area (Å²) in [7, 11) is 0.0304. The number of carbonyl (C=O) groups is 1. The lowest BCUT2D eigenvalue weighted by atomic mass is 9.94. The van der Waals surface area contributed by atoms with Crippen LogP contribution in [0.3, 0.4) is 0 Å². The summed E-state index contributed by atoms with van der Waals surface area (Å²) in [5.74, 6) is 1.70. The van der Waals surface area contributed by atoms with E-state index in [1.807, 2.05) is 12.1 Å². The molecule has 1 atom stereocenters. The minimum Gasteiger partial charge on any atom is -0.497 e. The molecule has 0 radical (unpaired) electrons. The van der Waals surface area contributed by atoms with Crippen molar-refractivity contribution in [2.45, 2.75) is 39.2 Å². The molecule has 1 amide bonds. The molecule has 8 heteroatoms. The van der Waals surface area contributed by atoms with E-state index in [2.05, 4.69) is 5.32 Å². The molecule has 2 rings (SSSR count). The van der Waals surface area contributed by atoms with E-state index in [-0.39, 0.29) is 17.6 Å². The Morgan fingerprint density at radius 3 is 2.74 bits per heavy atom. The van der Waals surface area contributed by atoms with Crippen LogP contribution in [-0.2, 0) is 21.4 Å². The van der Waals surface area contributed by atoms with E-state index in [4.69, 9.17) is 9.47 Å². The van der Waals surface area contributed by atoms with Gasteiger partial charge in [-0.3, -0.25) is 4.79 Å². The highest BCUT2D eigenvalue weighted by molar-refractivity contribution is 7.89. The summed E-state index contributed by atoms with van der Waals surface area (Å²) in [6, 6.07) is 5.48. The SMILES string of the molecule is CCS(=O)(=O)N1CCC[C@H](CCC(=O)NCc2ccc(OC)cc2OC)C1. The number of benzene rings is 1. The van der Waals surface area contributed by atoms with Gasteiger partial charge in [0, 0.05) is 37.7 Å². The molecule has 0 aromatic heterocycles. The van der Waals surface area contributed by atoms with Crippen molar-refractivity contribution in [3.8, 4) is 11.5 Å². The summed E-state index contributed by atoms with van der Waals surface area (Å²) in [6.45, 7) is 3.17. The van der Waals surface area contributed by atoms with Crippen LogP contribution in [0.2, 0.25) is 0 Å². The molecule has 152 valence electrons. The maximum absolute atomic E-state index is 12.2. The highest BCUT2D eigenvalue weighted by Crippen LogP contribution is 2.25. The summed E-state index contributed by atoms with van der Waals surface area (Å²) in [4.78, 5) is 12.2. The van der Waals surface area contributed by atoms with Gasteiger partial charge in [-0.25, -0.2) is 12.7 Å². The van der Waals surface area contributed by atoms with Crippen LogP contribution in [0.4, 0.5) is 0 Å². The van der Waals surface area contributed by atoms with Crippen LogP contribution in [0, 0.1) is 5.92 Å². The second-order valence-electron chi connectivity index (χ2n) is 6.76. The maximum Gasteiger partial charge on any atom is 0.220 e. The zero-order valence-corrected chi connectivity index (χ0v) is 17.2. The molecule has 0 aliphatic carbocycles. The van der Waals surface area contributed by atoms with E-state index in [9.17, 15) is 13.2 Å². The second kappa shape index (κ2) is 9.94. The number of nitrogens with one attached hydrogen (secondary N) is 1. The first-order valence-corrected chi connectivity index (χ1v) is 11.0. The molecule has 1 aliphatic heterocycles. The van der Waals surface area contributed by atoms with Crippen molar-refractivity contribution < 1.29 is 22.7 Å². The van der Waals surface area contributed by atoms with Crippen LogP contribution < -0.4 is 14.8 Å². The van der Waals surface area contributed by atoms with E-state index >= 15 is 0 Å². The largest absolute Gasteiger partial charge is 0.497 e. The average molecular weight is 399 g/mol. The molecular formula is C19H30N2O5S. The average Bonchev–Trinajstić information content (AvgIpc) is 2.70. The third kappa shape index (κ3) is 6.10. The number of hydrogen-bond donors (Lipinski definition) is 1. The number of methoxy groups -OCH3 is 2. The van der Waals surface area contributed by atoms with E-state index in [1.54, 1.807) is 31.5 Å². The first kappa shape index (κ1) is 21.5. The molecule has 1 fully saturated rings. The fourth-order valence-corrected chi connectivity index (χ4v) is 4.52. The summed E-state index contributed by atoms with van der Waals surface area (Å²) in [6.07, 6.45) is 2.91. The number of piperidine rings is 1. The van der Waals surface area contributed by atoms with Crippen LogP contribution in [0.25, 0.3) is 0 Å². The molecule has 0 saturated carbocycles. The van der Waals surface area contributed by atoms with Gasteiger partial charge >= 0.3 is 0 Å². The molecule has 1 aromatic rings. The Labute approximate surface area is 162 Å². The fourth-order valence-electron chi connectivity index (χ4n) is 3.31. The van der Waals surface area contributed by atoms with Gasteiger partial charge in [-0.1, -0.05) is 0 Å². The fraction of sp³-hybridized carbons (Fsp3) is 0.632. The number of hydrogen-bond acceptors (Lipinski definition) is 5. The number of amides is 1. The molecule has 1 aliphatic rings. The number of carbonyl (C=O) groups excluding carboxylic acids is 1. The van der Waals surface area contributed by atoms with Gasteiger partial charge in [0.05, 0.1) is 20.0 Å². The van der Waals surface area contributed by atoms with Crippen molar-refractivity contribution in [2.24, 2.45) is 5.92 Å². The van der Waals surface area contributed by atoms with Gasteiger partial charge < -0.3 is 14.8 Å². The van der Waals surface area contributed by atoms with Crippen molar-refractivity contribution in [1.29, 1.82) is 0 Å². The standard InChI is InChI=1S/C19H30N2O5S/c1-4-27(23,24)21-11-5-6-15(14-21)7-10-19(22)20-13-16-8-9-17(25-2)12-18(16)26-3/h8-9,12,15H,4-7,10-11,13-14H2,1-3H3,(H,20,22)/t15-/m1/s1. The van der Waals surface area contributed by atoms with Gasteiger partial charge in [-0.15, -0.1) is 0 Å². The molecule has 0 unspecified atom stereocenters. The number of ether oxygens (including phenoxy) is 2. The van der Waals surface area contributed by atoms with Gasteiger partial charge in [0.15, 0.2) is 0 Å². The van der Waals surface area contributed by atoms with Gasteiger partial charge in [0.2, 0.25) is 15.9 Å². The van der Waals surface area contributed by atoms with Crippen LogP contribution in [0.5, 0.6) is 11.5 Å². The van der Waals surface area contributed by atoms with E-state index in [1.165, 1.54) is 0 Å². The number of sulfonamides is 1. The monoisotopic (exact) mass is 398 g/mol. The molecule has 27 heavy (non-hydrogen) atoms. The third-order valence-electron chi connectivity index (χ3n) is 4.99. The first-order chi connectivity index (χ1) is 12.9. The van der Waals surface area contributed by atoms with Gasteiger partial charge in [0.1, 0.15) is 11.5 Å². The Morgan fingerprint density at radius 2 is 2.07 bits per heavy atom. The van der Waals surface area contributed by atoms with Crippen LogP contribution in [0.15, 0.2) is 18.2 Å². The highest BCUT2D eigenvalue weighted by atomic mass is 32.2. The zero-order chi connectivity index (χ0) is 19.9. The minimum atomic E-state index is -3.14. The predicted molar refractivity (Wildman–Crippen MR) is 104 cm³/mol. The van der Waals surface area contributed by atoms with Crippen molar-refractivity contribution in [3.05, 3.63) is 23.8 Å². The number of rotatable bonds is 9. The normalized spacial score (nSPS) is 18.1. The van der Waals surface area contributed by atoms with Gasteiger partial charge in [-0.05, 0) is 44.2 Å². The molecule has 1 aromatic carbocycles. The summed E-state index contributed by atoms with van der Waals surface area (Å²) >= 11 is 0. The van der Waals surface area contributed by atoms with Crippen LogP contribution >= 0.6 is 0 Å². The van der Waals surface area contributed by atoms with E-state index < -0.39 is 10.0 Å². The Morgan fingerprint density at radius 1 is 1.30 bits per heavy atom. The van der Waals surface area contributed by atoms with Crippen molar-refractivity contribution in [2.75, 3.05) is 33.1 Å². The Kier molecular flexibility index (Phi) is 7.91.